The zero-order valence-electron chi connectivity index (χ0n) is 17.6. The molecule has 1 aliphatic rings. The van der Waals surface area contributed by atoms with Gasteiger partial charge in [0.2, 0.25) is 5.13 Å². The number of amides is 1. The molecule has 0 spiro atoms. The predicted molar refractivity (Wildman–Crippen MR) is 128 cm³/mol. The van der Waals surface area contributed by atoms with Crippen molar-refractivity contribution in [2.45, 2.75) is 29.4 Å². The molecule has 0 unspecified atom stereocenters. The molecule has 1 N–H and O–H groups in total. The molecule has 3 aromatic rings. The number of hydrogen-bond acceptors (Lipinski definition) is 9. The summed E-state index contributed by atoms with van der Waals surface area (Å²) < 4.78 is 0.685. The Morgan fingerprint density at radius 1 is 1.18 bits per heavy atom. The topological polar surface area (TPSA) is 125 Å². The molecule has 9 nitrogen and oxygen atoms in total. The van der Waals surface area contributed by atoms with Crippen LogP contribution in [0.5, 0.6) is 0 Å². The van der Waals surface area contributed by atoms with Crippen LogP contribution in [0.4, 0.5) is 16.5 Å². The maximum Gasteiger partial charge on any atom is 0.270 e. The number of rotatable bonds is 7. The molecule has 1 aliphatic heterocycles. The van der Waals surface area contributed by atoms with E-state index in [1.807, 2.05) is 12.1 Å². The Hall–Kier alpha value is -3.49. The second-order valence-electron chi connectivity index (χ2n) is 7.43. The highest BCUT2D eigenvalue weighted by molar-refractivity contribution is 8.00. The Balaban J connectivity index is 1.46. The van der Waals surface area contributed by atoms with Gasteiger partial charge in [-0.1, -0.05) is 35.2 Å². The van der Waals surface area contributed by atoms with Gasteiger partial charge in [-0.2, -0.15) is 5.26 Å². The van der Waals surface area contributed by atoms with E-state index in [4.69, 9.17) is 5.26 Å². The van der Waals surface area contributed by atoms with E-state index in [9.17, 15) is 14.9 Å². The highest BCUT2D eigenvalue weighted by Crippen LogP contribution is 2.31. The van der Waals surface area contributed by atoms with Crippen LogP contribution in [0.1, 0.15) is 40.7 Å². The number of nitrogens with one attached hydrogen (secondary N) is 1. The van der Waals surface area contributed by atoms with Crippen molar-refractivity contribution in [3.05, 3.63) is 69.3 Å². The van der Waals surface area contributed by atoms with Crippen molar-refractivity contribution in [2.24, 2.45) is 0 Å². The molecule has 168 valence electrons. The number of carbonyl (C=O) groups is 1. The lowest BCUT2D eigenvalue weighted by Crippen LogP contribution is -2.31. The third-order valence-electron chi connectivity index (χ3n) is 5.20. The smallest absolute Gasteiger partial charge is 0.270 e. The van der Waals surface area contributed by atoms with Crippen molar-refractivity contribution in [3.63, 3.8) is 0 Å². The molecule has 2 aromatic carbocycles. The van der Waals surface area contributed by atoms with Gasteiger partial charge in [-0.3, -0.25) is 20.2 Å². The van der Waals surface area contributed by atoms with Crippen molar-refractivity contribution in [3.8, 4) is 6.07 Å². The van der Waals surface area contributed by atoms with E-state index < -0.39 is 10.8 Å². The van der Waals surface area contributed by atoms with E-state index >= 15 is 0 Å². The SMILES string of the molecule is N#Cc1ccc(CSc2nnc(NC(=O)c3cc([N+](=O)[O-])ccc3N3CCCCC3)s2)cc1. The fraction of sp³-hybridized carbons (Fsp3) is 0.273. The monoisotopic (exact) mass is 480 g/mol. The van der Waals surface area contributed by atoms with Gasteiger partial charge in [-0.25, -0.2) is 0 Å². The Morgan fingerprint density at radius 3 is 2.64 bits per heavy atom. The summed E-state index contributed by atoms with van der Waals surface area (Å²) in [5, 5.41) is 31.4. The fourth-order valence-electron chi connectivity index (χ4n) is 3.53. The van der Waals surface area contributed by atoms with Crippen molar-refractivity contribution >= 4 is 45.5 Å². The largest absolute Gasteiger partial charge is 0.371 e. The van der Waals surface area contributed by atoms with E-state index in [1.54, 1.807) is 18.2 Å². The summed E-state index contributed by atoms with van der Waals surface area (Å²) in [6.07, 6.45) is 3.18. The van der Waals surface area contributed by atoms with Gasteiger partial charge >= 0.3 is 0 Å². The van der Waals surface area contributed by atoms with Gasteiger partial charge in [0.15, 0.2) is 4.34 Å². The number of nitro benzene ring substituents is 1. The summed E-state index contributed by atoms with van der Waals surface area (Å²) in [4.78, 5) is 25.9. The average Bonchev–Trinajstić information content (AvgIpc) is 3.30. The summed E-state index contributed by atoms with van der Waals surface area (Å²) in [5.74, 6) is 0.206. The van der Waals surface area contributed by atoms with Gasteiger partial charge in [-0.05, 0) is 43.0 Å². The number of nitrogens with zero attached hydrogens (tertiary/aromatic N) is 5. The van der Waals surface area contributed by atoms with E-state index in [2.05, 4.69) is 26.5 Å². The minimum Gasteiger partial charge on any atom is -0.371 e. The van der Waals surface area contributed by atoms with Gasteiger partial charge in [0, 0.05) is 31.0 Å². The molecule has 1 amide bonds. The number of piperidine rings is 1. The predicted octanol–water partition coefficient (Wildman–Crippen LogP) is 4.85. The standard InChI is InChI=1S/C22H20N6O3S2/c23-13-15-4-6-16(7-5-15)14-32-22-26-25-21(33-22)24-20(29)18-12-17(28(30)31)8-9-19(18)27-10-2-1-3-11-27/h4-9,12H,1-3,10-11,14H2,(H,24,25,29). The second-order valence-corrected chi connectivity index (χ2v) is 9.63. The Labute approximate surface area is 198 Å². The summed E-state index contributed by atoms with van der Waals surface area (Å²) in [5.41, 5.74) is 2.47. The number of hydrogen-bond donors (Lipinski definition) is 1. The van der Waals surface area contributed by atoms with Crippen molar-refractivity contribution < 1.29 is 9.72 Å². The number of thioether (sulfide) groups is 1. The minimum atomic E-state index is -0.500. The lowest BCUT2D eigenvalue weighted by atomic mass is 10.1. The normalized spacial score (nSPS) is 13.4. The zero-order chi connectivity index (χ0) is 23.2. The number of aromatic nitrogens is 2. The first-order chi connectivity index (χ1) is 16.0. The van der Waals surface area contributed by atoms with Crippen molar-refractivity contribution in [1.29, 1.82) is 5.26 Å². The van der Waals surface area contributed by atoms with Crippen LogP contribution in [0, 0.1) is 21.4 Å². The molecule has 4 rings (SSSR count). The molecule has 2 heterocycles. The molecule has 0 bridgehead atoms. The fourth-order valence-corrected chi connectivity index (χ4v) is 5.24. The Morgan fingerprint density at radius 2 is 1.94 bits per heavy atom. The first-order valence-corrected chi connectivity index (χ1v) is 12.1. The highest BCUT2D eigenvalue weighted by atomic mass is 32.2. The summed E-state index contributed by atoms with van der Waals surface area (Å²) >= 11 is 2.72. The lowest BCUT2D eigenvalue weighted by Gasteiger charge is -2.30. The number of benzene rings is 2. The Kier molecular flexibility index (Phi) is 7.16. The minimum absolute atomic E-state index is 0.128. The van der Waals surface area contributed by atoms with Crippen LogP contribution in [0.25, 0.3) is 0 Å². The van der Waals surface area contributed by atoms with Crippen molar-refractivity contribution in [2.75, 3.05) is 23.3 Å². The summed E-state index contributed by atoms with van der Waals surface area (Å²) in [6.45, 7) is 1.63. The van der Waals surface area contributed by atoms with Crippen LogP contribution < -0.4 is 10.2 Å². The van der Waals surface area contributed by atoms with Crippen LogP contribution in [-0.4, -0.2) is 34.1 Å². The highest BCUT2D eigenvalue weighted by Gasteiger charge is 2.23. The first-order valence-electron chi connectivity index (χ1n) is 10.3. The van der Waals surface area contributed by atoms with E-state index in [0.29, 0.717) is 26.5 Å². The molecule has 33 heavy (non-hydrogen) atoms. The molecule has 1 saturated heterocycles. The quantitative estimate of drug-likeness (QED) is 0.220. The van der Waals surface area contributed by atoms with Crippen LogP contribution >= 0.6 is 23.1 Å². The third-order valence-corrected chi connectivity index (χ3v) is 7.25. The van der Waals surface area contributed by atoms with Gasteiger partial charge in [-0.15, -0.1) is 10.2 Å². The van der Waals surface area contributed by atoms with Crippen LogP contribution in [-0.2, 0) is 5.75 Å². The first kappa shape index (κ1) is 22.7. The number of nitro groups is 1. The Bertz CT molecular complexity index is 1200. The number of anilines is 2. The van der Waals surface area contributed by atoms with E-state index in [-0.39, 0.29) is 11.3 Å². The lowest BCUT2D eigenvalue weighted by molar-refractivity contribution is -0.384. The summed E-state index contributed by atoms with van der Waals surface area (Å²) in [6, 6.07) is 13.8. The van der Waals surface area contributed by atoms with E-state index in [0.717, 1.165) is 37.9 Å². The molecular formula is C22H20N6O3S2. The molecular weight excluding hydrogens is 460 g/mol. The van der Waals surface area contributed by atoms with Gasteiger partial charge < -0.3 is 4.90 Å². The zero-order valence-corrected chi connectivity index (χ0v) is 19.2. The molecule has 0 aliphatic carbocycles. The molecule has 1 fully saturated rings. The van der Waals surface area contributed by atoms with E-state index in [1.165, 1.54) is 35.2 Å². The molecule has 0 atom stereocenters. The maximum absolute atomic E-state index is 13.0. The number of non-ortho nitro benzene ring substituents is 1. The average molecular weight is 481 g/mol. The molecule has 11 heteroatoms. The molecule has 1 aromatic heterocycles. The van der Waals surface area contributed by atoms with Crippen LogP contribution in [0.2, 0.25) is 0 Å². The van der Waals surface area contributed by atoms with Gasteiger partial charge in [0.1, 0.15) is 0 Å². The van der Waals surface area contributed by atoms with Crippen LogP contribution in [0.15, 0.2) is 46.8 Å². The van der Waals surface area contributed by atoms with Gasteiger partial charge in [0.05, 0.1) is 27.8 Å². The van der Waals surface area contributed by atoms with Crippen molar-refractivity contribution in [1.82, 2.24) is 10.2 Å². The third kappa shape index (κ3) is 5.66. The molecule has 0 saturated carbocycles. The number of nitriles is 1. The summed E-state index contributed by atoms with van der Waals surface area (Å²) in [7, 11) is 0. The second kappa shape index (κ2) is 10.4. The molecule has 0 radical (unpaired) electrons. The van der Waals surface area contributed by atoms with Gasteiger partial charge in [0.25, 0.3) is 11.6 Å². The maximum atomic E-state index is 13.0. The number of carbonyl (C=O) groups excluding carboxylic acids is 1. The van der Waals surface area contributed by atoms with Crippen LogP contribution in [0.3, 0.4) is 0 Å².